The van der Waals surface area contributed by atoms with Crippen LogP contribution in [0.1, 0.15) is 20.8 Å². The molecule has 1 aliphatic rings. The van der Waals surface area contributed by atoms with Gasteiger partial charge in [0.2, 0.25) is 5.91 Å². The lowest BCUT2D eigenvalue weighted by Crippen LogP contribution is -2.54. The Hall–Kier alpha value is -1.32. The largest absolute Gasteiger partial charge is 0.329 e. The summed E-state index contributed by atoms with van der Waals surface area (Å²) < 4.78 is 0. The second-order valence-corrected chi connectivity index (χ2v) is 4.29. The van der Waals surface area contributed by atoms with Gasteiger partial charge in [0.1, 0.15) is 11.7 Å². The van der Waals surface area contributed by atoms with E-state index in [4.69, 9.17) is 0 Å². The zero-order valence-electron chi connectivity index (χ0n) is 9.94. The van der Waals surface area contributed by atoms with E-state index >= 15 is 0 Å². The molecule has 1 unspecified atom stereocenters. The first-order valence-corrected chi connectivity index (χ1v) is 5.12. The first-order valence-electron chi connectivity index (χ1n) is 5.12. The highest BCUT2D eigenvalue weighted by Gasteiger charge is 2.36. The van der Waals surface area contributed by atoms with Gasteiger partial charge in [-0.25, -0.2) is 0 Å². The van der Waals surface area contributed by atoms with Crippen LogP contribution < -0.4 is 0 Å². The van der Waals surface area contributed by atoms with Gasteiger partial charge in [0.05, 0.1) is 0 Å². The van der Waals surface area contributed by atoms with Crippen LogP contribution in [-0.4, -0.2) is 41.8 Å². The highest BCUT2D eigenvalue weighted by molar-refractivity contribution is 6.04. The molecule has 1 rings (SSSR count). The number of allylic oxidation sites excluding steroid dienone is 1. The fraction of sp³-hybridized carbons (Fsp3) is 0.636. The quantitative estimate of drug-likeness (QED) is 0.602. The summed E-state index contributed by atoms with van der Waals surface area (Å²) in [6.07, 6.45) is 1.82. The molecule has 0 N–H and O–H groups in total. The minimum atomic E-state index is -0.369. The summed E-state index contributed by atoms with van der Waals surface area (Å²) in [4.78, 5) is 26.6. The Morgan fingerprint density at radius 3 is 2.27 bits per heavy atom. The van der Waals surface area contributed by atoms with Gasteiger partial charge < -0.3 is 9.80 Å². The highest BCUT2D eigenvalue weighted by Crippen LogP contribution is 2.19. The molecule has 1 saturated heterocycles. The molecule has 4 nitrogen and oxygen atoms in total. The zero-order chi connectivity index (χ0) is 11.7. The monoisotopic (exact) mass is 210 g/mol. The first kappa shape index (κ1) is 11.8. The summed E-state index contributed by atoms with van der Waals surface area (Å²) in [5, 5.41) is 0. The topological polar surface area (TPSA) is 40.6 Å². The van der Waals surface area contributed by atoms with Crippen molar-refractivity contribution in [1.82, 2.24) is 9.80 Å². The van der Waals surface area contributed by atoms with Gasteiger partial charge in [-0.3, -0.25) is 9.59 Å². The number of rotatable bonds is 1. The average Bonchev–Trinajstić information content (AvgIpc) is 2.18. The maximum Gasteiger partial charge on any atom is 0.270 e. The number of nitrogens with zero attached hydrogens (tertiary/aromatic N) is 2. The van der Waals surface area contributed by atoms with Gasteiger partial charge in [-0.15, -0.1) is 0 Å². The van der Waals surface area contributed by atoms with E-state index in [2.05, 4.69) is 0 Å². The molecule has 1 heterocycles. The molecular weight excluding hydrogens is 192 g/mol. The van der Waals surface area contributed by atoms with Gasteiger partial charge in [0.15, 0.2) is 0 Å². The Kier molecular flexibility index (Phi) is 3.17. The molecule has 0 spiro atoms. The molecule has 1 atom stereocenters. The molecule has 1 aliphatic heterocycles. The number of likely N-dealkylation sites (N-methyl/N-ethyl adjacent to an activating group) is 2. The fourth-order valence-electron chi connectivity index (χ4n) is 1.56. The van der Waals surface area contributed by atoms with Crippen molar-refractivity contribution in [1.29, 1.82) is 0 Å². The number of hydrogen-bond donors (Lipinski definition) is 0. The van der Waals surface area contributed by atoms with Crippen LogP contribution >= 0.6 is 0 Å². The molecule has 0 aromatic rings. The lowest BCUT2D eigenvalue weighted by Gasteiger charge is -2.36. The number of hydrogen-bond acceptors (Lipinski definition) is 2. The maximum absolute atomic E-state index is 11.9. The second-order valence-electron chi connectivity index (χ2n) is 4.29. The standard InChI is InChI=1S/C11H18N2O2/c1-7(2)6-9-11(15)12(4)8(3)10(14)13(9)5/h6-8H,1-5H3/b9-6+. The minimum absolute atomic E-state index is 0.0380. The van der Waals surface area contributed by atoms with Crippen molar-refractivity contribution in [2.45, 2.75) is 26.8 Å². The van der Waals surface area contributed by atoms with Gasteiger partial charge in [-0.05, 0) is 12.8 Å². The van der Waals surface area contributed by atoms with Crippen LogP contribution in [0.5, 0.6) is 0 Å². The molecule has 0 aromatic heterocycles. The van der Waals surface area contributed by atoms with E-state index in [9.17, 15) is 9.59 Å². The lowest BCUT2D eigenvalue weighted by atomic mass is 10.1. The summed E-state index contributed by atoms with van der Waals surface area (Å²) in [5.41, 5.74) is 0.482. The molecule has 0 bridgehead atoms. The number of carbonyl (C=O) groups excluding carboxylic acids is 2. The molecule has 0 aliphatic carbocycles. The summed E-state index contributed by atoms with van der Waals surface area (Å²) in [5.74, 6) is 0.128. The Morgan fingerprint density at radius 2 is 1.80 bits per heavy atom. The zero-order valence-corrected chi connectivity index (χ0v) is 9.94. The van der Waals surface area contributed by atoms with Crippen molar-refractivity contribution in [2.24, 2.45) is 5.92 Å². The van der Waals surface area contributed by atoms with Crippen molar-refractivity contribution in [3.05, 3.63) is 11.8 Å². The van der Waals surface area contributed by atoms with E-state index in [0.29, 0.717) is 5.70 Å². The molecule has 0 saturated carbocycles. The Morgan fingerprint density at radius 1 is 1.27 bits per heavy atom. The number of carbonyl (C=O) groups is 2. The van der Waals surface area contributed by atoms with Crippen molar-refractivity contribution < 1.29 is 9.59 Å². The van der Waals surface area contributed by atoms with Gasteiger partial charge in [-0.1, -0.05) is 19.9 Å². The van der Waals surface area contributed by atoms with Crippen LogP contribution in [0.25, 0.3) is 0 Å². The molecule has 84 valence electrons. The van der Waals surface area contributed by atoms with Crippen molar-refractivity contribution >= 4 is 11.8 Å². The molecular formula is C11H18N2O2. The Balaban J connectivity index is 3.08. The second kappa shape index (κ2) is 4.04. The summed E-state index contributed by atoms with van der Waals surface area (Å²) in [7, 11) is 3.31. The number of amides is 2. The van der Waals surface area contributed by atoms with E-state index in [1.807, 2.05) is 19.9 Å². The third-order valence-corrected chi connectivity index (χ3v) is 2.66. The van der Waals surface area contributed by atoms with Crippen LogP contribution in [0.3, 0.4) is 0 Å². The van der Waals surface area contributed by atoms with E-state index in [0.717, 1.165) is 0 Å². The van der Waals surface area contributed by atoms with Crippen LogP contribution in [0, 0.1) is 5.92 Å². The van der Waals surface area contributed by atoms with Gasteiger partial charge >= 0.3 is 0 Å². The normalized spacial score (nSPS) is 25.7. The SMILES string of the molecule is CC(C)/C=C1\C(=O)N(C)C(C)C(=O)N1C. The van der Waals surface area contributed by atoms with Gasteiger partial charge in [-0.2, -0.15) is 0 Å². The summed E-state index contributed by atoms with van der Waals surface area (Å²) in [6, 6.07) is -0.369. The van der Waals surface area contributed by atoms with E-state index in [-0.39, 0.29) is 23.8 Å². The average molecular weight is 210 g/mol. The molecule has 4 heteroatoms. The maximum atomic E-state index is 11.9. The third kappa shape index (κ3) is 2.03. The molecule has 1 fully saturated rings. The van der Waals surface area contributed by atoms with Gasteiger partial charge in [0.25, 0.3) is 5.91 Å². The Labute approximate surface area is 90.5 Å². The summed E-state index contributed by atoms with van der Waals surface area (Å²) >= 11 is 0. The Bertz CT molecular complexity index is 321. The van der Waals surface area contributed by atoms with Crippen molar-refractivity contribution in [3.63, 3.8) is 0 Å². The van der Waals surface area contributed by atoms with E-state index < -0.39 is 0 Å². The predicted octanol–water partition coefficient (Wildman–Crippen LogP) is 0.845. The molecule has 2 amide bonds. The molecule has 0 radical (unpaired) electrons. The lowest BCUT2D eigenvalue weighted by molar-refractivity contribution is -0.147. The minimum Gasteiger partial charge on any atom is -0.329 e. The number of piperazine rings is 1. The van der Waals surface area contributed by atoms with Crippen LogP contribution in [0.4, 0.5) is 0 Å². The third-order valence-electron chi connectivity index (χ3n) is 2.66. The smallest absolute Gasteiger partial charge is 0.270 e. The van der Waals surface area contributed by atoms with E-state index in [1.54, 1.807) is 21.0 Å². The van der Waals surface area contributed by atoms with Gasteiger partial charge in [0, 0.05) is 14.1 Å². The molecule has 0 aromatic carbocycles. The first-order chi connectivity index (χ1) is 6.86. The van der Waals surface area contributed by atoms with Crippen molar-refractivity contribution in [3.8, 4) is 0 Å². The highest BCUT2D eigenvalue weighted by atomic mass is 16.2. The van der Waals surface area contributed by atoms with Crippen molar-refractivity contribution in [2.75, 3.05) is 14.1 Å². The van der Waals surface area contributed by atoms with Crippen LogP contribution in [-0.2, 0) is 9.59 Å². The fourth-order valence-corrected chi connectivity index (χ4v) is 1.56. The molecule has 15 heavy (non-hydrogen) atoms. The van der Waals surface area contributed by atoms with E-state index in [1.165, 1.54) is 9.80 Å². The predicted molar refractivity (Wildman–Crippen MR) is 57.9 cm³/mol. The van der Waals surface area contributed by atoms with Crippen LogP contribution in [0.2, 0.25) is 0 Å². The van der Waals surface area contributed by atoms with Crippen LogP contribution in [0.15, 0.2) is 11.8 Å². The summed E-state index contributed by atoms with van der Waals surface area (Å²) in [6.45, 7) is 5.70.